The molecule has 0 unspecified atom stereocenters. The highest BCUT2D eigenvalue weighted by atomic mass is 35.5. The third-order valence-corrected chi connectivity index (χ3v) is 9.02. The van der Waals surface area contributed by atoms with Crippen LogP contribution in [0.4, 0.5) is 5.82 Å². The Labute approximate surface area is 205 Å². The fourth-order valence-corrected chi connectivity index (χ4v) is 7.29. The number of likely N-dealkylation sites (N-methyl/N-ethyl adjacent to an activating group) is 1. The van der Waals surface area contributed by atoms with Crippen molar-refractivity contribution in [3.05, 3.63) is 50.3 Å². The molecule has 5 heterocycles. The van der Waals surface area contributed by atoms with Crippen LogP contribution in [0.3, 0.4) is 0 Å². The second-order valence-corrected chi connectivity index (χ2v) is 11.2. The van der Waals surface area contributed by atoms with Crippen molar-refractivity contribution in [2.24, 2.45) is 0 Å². The predicted molar refractivity (Wildman–Crippen MR) is 137 cm³/mol. The van der Waals surface area contributed by atoms with E-state index >= 15 is 0 Å². The number of aromatic nitrogens is 3. The molecule has 2 aliphatic rings. The van der Waals surface area contributed by atoms with E-state index in [0.29, 0.717) is 6.54 Å². The van der Waals surface area contributed by atoms with Crippen molar-refractivity contribution in [1.82, 2.24) is 23.7 Å². The van der Waals surface area contributed by atoms with E-state index in [1.807, 2.05) is 12.1 Å². The standard InChI is InChI=1S/C23H25ClN6OS2/c1-27-6-5-15-18(13-27)32-22-19(15)23(31)30(14-25-22)12-9-28-7-10-29(11-8-28)21-20-16(24)3-2-4-17(20)33-26-21/h2-4,14H,5-13H2,1H3. The van der Waals surface area contributed by atoms with Crippen molar-refractivity contribution < 1.29 is 0 Å². The minimum absolute atomic E-state index is 0.115. The van der Waals surface area contributed by atoms with Crippen molar-refractivity contribution in [2.75, 3.05) is 51.2 Å². The quantitative estimate of drug-likeness (QED) is 0.427. The zero-order valence-corrected chi connectivity index (χ0v) is 20.8. The van der Waals surface area contributed by atoms with E-state index in [1.54, 1.807) is 22.2 Å². The number of rotatable bonds is 4. The second kappa shape index (κ2) is 8.63. The maximum atomic E-state index is 13.2. The number of halogens is 1. The lowest BCUT2D eigenvalue weighted by molar-refractivity contribution is 0.247. The van der Waals surface area contributed by atoms with Crippen LogP contribution in [0.2, 0.25) is 5.02 Å². The van der Waals surface area contributed by atoms with Crippen LogP contribution in [0.15, 0.2) is 29.3 Å². The molecule has 6 rings (SSSR count). The molecule has 0 bridgehead atoms. The van der Waals surface area contributed by atoms with Gasteiger partial charge in [0, 0.05) is 57.2 Å². The Morgan fingerprint density at radius 3 is 2.79 bits per heavy atom. The first kappa shape index (κ1) is 21.5. The number of benzene rings is 1. The van der Waals surface area contributed by atoms with Gasteiger partial charge in [-0.2, -0.15) is 4.37 Å². The van der Waals surface area contributed by atoms with Gasteiger partial charge in [0.2, 0.25) is 0 Å². The predicted octanol–water partition coefficient (Wildman–Crippen LogP) is 3.53. The molecular formula is C23H25ClN6OS2. The SMILES string of the molecule is CN1CCc2c(sc3ncn(CCN4CCN(c5nsc6cccc(Cl)c56)CC4)c(=O)c23)C1. The van der Waals surface area contributed by atoms with Crippen LogP contribution in [-0.4, -0.2) is 70.0 Å². The molecular weight excluding hydrogens is 476 g/mol. The lowest BCUT2D eigenvalue weighted by atomic mass is 10.1. The molecule has 10 heteroatoms. The molecule has 3 aromatic heterocycles. The average Bonchev–Trinajstić information content (AvgIpc) is 3.41. The summed E-state index contributed by atoms with van der Waals surface area (Å²) >= 11 is 9.64. The van der Waals surface area contributed by atoms with Gasteiger partial charge < -0.3 is 9.80 Å². The van der Waals surface area contributed by atoms with Crippen LogP contribution in [-0.2, 0) is 19.5 Å². The molecule has 0 saturated carbocycles. The number of nitrogens with zero attached hydrogens (tertiary/aromatic N) is 6. The average molecular weight is 501 g/mol. The highest BCUT2D eigenvalue weighted by Crippen LogP contribution is 2.35. The topological polar surface area (TPSA) is 57.5 Å². The van der Waals surface area contributed by atoms with Gasteiger partial charge in [-0.25, -0.2) is 4.98 Å². The summed E-state index contributed by atoms with van der Waals surface area (Å²) in [6, 6.07) is 5.98. The van der Waals surface area contributed by atoms with Crippen molar-refractivity contribution in [3.63, 3.8) is 0 Å². The summed E-state index contributed by atoms with van der Waals surface area (Å²) in [6.07, 6.45) is 2.67. The minimum atomic E-state index is 0.115. The van der Waals surface area contributed by atoms with Gasteiger partial charge in [-0.3, -0.25) is 14.3 Å². The molecule has 2 aliphatic heterocycles. The lowest BCUT2D eigenvalue weighted by Gasteiger charge is -2.35. The number of piperazine rings is 1. The molecule has 1 fully saturated rings. The second-order valence-electron chi connectivity index (χ2n) is 8.86. The number of hydrogen-bond acceptors (Lipinski definition) is 8. The Morgan fingerprint density at radius 2 is 1.94 bits per heavy atom. The first-order valence-corrected chi connectivity index (χ1v) is 13.2. The highest BCUT2D eigenvalue weighted by molar-refractivity contribution is 7.18. The summed E-state index contributed by atoms with van der Waals surface area (Å²) in [7, 11) is 2.13. The largest absolute Gasteiger partial charge is 0.353 e. The van der Waals surface area contributed by atoms with E-state index in [-0.39, 0.29) is 5.56 Å². The number of hydrogen-bond donors (Lipinski definition) is 0. The van der Waals surface area contributed by atoms with E-state index in [0.717, 1.165) is 83.4 Å². The Balaban J connectivity index is 1.14. The molecule has 1 aromatic carbocycles. The fourth-order valence-electron chi connectivity index (χ4n) is 4.89. The van der Waals surface area contributed by atoms with Crippen molar-refractivity contribution in [2.45, 2.75) is 19.5 Å². The van der Waals surface area contributed by atoms with Gasteiger partial charge in [0.1, 0.15) is 4.83 Å². The Morgan fingerprint density at radius 1 is 1.09 bits per heavy atom. The first-order chi connectivity index (χ1) is 16.1. The molecule has 4 aromatic rings. The third kappa shape index (κ3) is 3.85. The zero-order valence-electron chi connectivity index (χ0n) is 18.5. The summed E-state index contributed by atoms with van der Waals surface area (Å²) in [5.41, 5.74) is 1.34. The maximum Gasteiger partial charge on any atom is 0.262 e. The van der Waals surface area contributed by atoms with Gasteiger partial charge in [0.05, 0.1) is 26.8 Å². The molecule has 0 aliphatic carbocycles. The monoisotopic (exact) mass is 500 g/mol. The zero-order chi connectivity index (χ0) is 22.5. The molecule has 0 amide bonds. The molecule has 7 nitrogen and oxygen atoms in total. The molecule has 172 valence electrons. The van der Waals surface area contributed by atoms with Crippen LogP contribution in [0.1, 0.15) is 10.4 Å². The summed E-state index contributed by atoms with van der Waals surface area (Å²) in [4.78, 5) is 27.1. The minimum Gasteiger partial charge on any atom is -0.353 e. The van der Waals surface area contributed by atoms with Crippen molar-refractivity contribution in [1.29, 1.82) is 0 Å². The first-order valence-electron chi connectivity index (χ1n) is 11.3. The Bertz CT molecular complexity index is 1390. The van der Waals surface area contributed by atoms with Crippen LogP contribution >= 0.6 is 34.5 Å². The summed E-state index contributed by atoms with van der Waals surface area (Å²) in [5, 5.41) is 2.68. The molecule has 0 spiro atoms. The van der Waals surface area contributed by atoms with E-state index < -0.39 is 0 Å². The summed E-state index contributed by atoms with van der Waals surface area (Å²) in [6.45, 7) is 7.11. The number of anilines is 1. The van der Waals surface area contributed by atoms with Gasteiger partial charge in [-0.1, -0.05) is 17.7 Å². The van der Waals surface area contributed by atoms with Crippen LogP contribution in [0.5, 0.6) is 0 Å². The molecule has 0 N–H and O–H groups in total. The molecule has 33 heavy (non-hydrogen) atoms. The fraction of sp³-hybridized carbons (Fsp3) is 0.435. The maximum absolute atomic E-state index is 13.2. The van der Waals surface area contributed by atoms with Gasteiger partial charge in [-0.05, 0) is 42.7 Å². The van der Waals surface area contributed by atoms with Crippen LogP contribution in [0, 0.1) is 0 Å². The normalized spacial score (nSPS) is 17.8. The summed E-state index contributed by atoms with van der Waals surface area (Å²) in [5.74, 6) is 0.999. The smallest absolute Gasteiger partial charge is 0.262 e. The number of fused-ring (bicyclic) bond motifs is 4. The highest BCUT2D eigenvalue weighted by Gasteiger charge is 2.24. The third-order valence-electron chi connectivity index (χ3n) is 6.78. The van der Waals surface area contributed by atoms with E-state index in [9.17, 15) is 4.79 Å². The van der Waals surface area contributed by atoms with Gasteiger partial charge in [0.15, 0.2) is 5.82 Å². The van der Waals surface area contributed by atoms with Crippen molar-refractivity contribution in [3.8, 4) is 0 Å². The summed E-state index contributed by atoms with van der Waals surface area (Å²) < 4.78 is 7.61. The molecule has 1 saturated heterocycles. The number of thiophene rings is 1. The molecule has 0 radical (unpaired) electrons. The van der Waals surface area contributed by atoms with E-state index in [4.69, 9.17) is 11.6 Å². The molecule has 0 atom stereocenters. The Hall–Kier alpha value is -2.04. The van der Waals surface area contributed by atoms with Crippen LogP contribution < -0.4 is 10.5 Å². The van der Waals surface area contributed by atoms with Gasteiger partial charge in [-0.15, -0.1) is 11.3 Å². The van der Waals surface area contributed by atoms with Gasteiger partial charge in [0.25, 0.3) is 5.56 Å². The van der Waals surface area contributed by atoms with Crippen molar-refractivity contribution >= 4 is 60.6 Å². The van der Waals surface area contributed by atoms with E-state index in [2.05, 4.69) is 37.2 Å². The van der Waals surface area contributed by atoms with Gasteiger partial charge >= 0.3 is 0 Å². The van der Waals surface area contributed by atoms with Crippen LogP contribution in [0.25, 0.3) is 20.3 Å². The lowest BCUT2D eigenvalue weighted by Crippen LogP contribution is -2.47. The van der Waals surface area contributed by atoms with E-state index in [1.165, 1.54) is 22.0 Å². The Kier molecular flexibility index (Phi) is 5.62.